The lowest BCUT2D eigenvalue weighted by Gasteiger charge is -2.37. The van der Waals surface area contributed by atoms with Gasteiger partial charge in [-0.1, -0.05) is 26.7 Å². The minimum atomic E-state index is -0.968. The van der Waals surface area contributed by atoms with Gasteiger partial charge in [0, 0.05) is 37.6 Å². The topological polar surface area (TPSA) is 112 Å². The molecule has 10 heteroatoms. The molecule has 42 heavy (non-hydrogen) atoms. The standard InChI is InChI=1S/C32H42N2O8/c1-5-7-21-39-29(35)23(3)41-31(37)25-9-13-27(14-10-25)33-17-19-34(20-18-33)28-15-11-26(12-16-28)32(38)42-24(4)30(36)40-22-8-6-2/h9-16,23-24H,5-8,17-22H2,1-4H3/t23-,24?/m0/s1. The minimum Gasteiger partial charge on any atom is -0.463 e. The molecule has 0 radical (unpaired) electrons. The molecule has 0 aromatic heterocycles. The van der Waals surface area contributed by atoms with Gasteiger partial charge in [-0.2, -0.15) is 0 Å². The molecule has 3 rings (SSSR count). The lowest BCUT2D eigenvalue weighted by Crippen LogP contribution is -2.46. The van der Waals surface area contributed by atoms with Crippen LogP contribution in [-0.2, 0) is 28.5 Å². The average molecular weight is 583 g/mol. The van der Waals surface area contributed by atoms with Crippen LogP contribution in [0.2, 0.25) is 0 Å². The van der Waals surface area contributed by atoms with E-state index in [-0.39, 0.29) is 0 Å². The van der Waals surface area contributed by atoms with Gasteiger partial charge in [-0.25, -0.2) is 19.2 Å². The third-order valence-electron chi connectivity index (χ3n) is 6.93. The highest BCUT2D eigenvalue weighted by Crippen LogP contribution is 2.22. The van der Waals surface area contributed by atoms with Crippen molar-refractivity contribution in [2.75, 3.05) is 49.2 Å². The van der Waals surface area contributed by atoms with E-state index in [0.717, 1.165) is 63.2 Å². The van der Waals surface area contributed by atoms with Crippen LogP contribution >= 0.6 is 0 Å². The number of piperazine rings is 1. The molecule has 1 saturated heterocycles. The number of anilines is 2. The number of unbranched alkanes of at least 4 members (excludes halogenated alkanes) is 2. The first kappa shape index (κ1) is 32.4. The van der Waals surface area contributed by atoms with Gasteiger partial charge in [0.15, 0.2) is 12.2 Å². The normalized spacial score (nSPS) is 14.5. The van der Waals surface area contributed by atoms with E-state index < -0.39 is 36.1 Å². The van der Waals surface area contributed by atoms with E-state index in [9.17, 15) is 19.2 Å². The van der Waals surface area contributed by atoms with Crippen molar-refractivity contribution in [2.24, 2.45) is 0 Å². The number of esters is 4. The second-order valence-electron chi connectivity index (χ2n) is 10.2. The van der Waals surface area contributed by atoms with E-state index in [1.54, 1.807) is 24.3 Å². The smallest absolute Gasteiger partial charge is 0.347 e. The summed E-state index contributed by atoms with van der Waals surface area (Å²) in [6.07, 6.45) is 1.42. The lowest BCUT2D eigenvalue weighted by molar-refractivity contribution is -0.153. The Bertz CT molecular complexity index is 1080. The van der Waals surface area contributed by atoms with Crippen LogP contribution in [-0.4, -0.2) is 75.5 Å². The maximum absolute atomic E-state index is 12.5. The minimum absolute atomic E-state index is 0.317. The Hall–Kier alpha value is -4.08. The summed E-state index contributed by atoms with van der Waals surface area (Å²) in [4.78, 5) is 53.3. The highest BCUT2D eigenvalue weighted by atomic mass is 16.6. The molecule has 0 saturated carbocycles. The van der Waals surface area contributed by atoms with Gasteiger partial charge < -0.3 is 28.7 Å². The van der Waals surface area contributed by atoms with Gasteiger partial charge >= 0.3 is 23.9 Å². The second-order valence-corrected chi connectivity index (χ2v) is 10.2. The Kier molecular flexibility index (Phi) is 12.7. The fourth-order valence-electron chi connectivity index (χ4n) is 4.26. The fourth-order valence-corrected chi connectivity index (χ4v) is 4.26. The number of hydrogen-bond acceptors (Lipinski definition) is 10. The fraction of sp³-hybridized carbons (Fsp3) is 0.500. The Morgan fingerprint density at radius 2 is 0.952 bits per heavy atom. The molecule has 10 nitrogen and oxygen atoms in total. The molecular weight excluding hydrogens is 540 g/mol. The Labute approximate surface area is 247 Å². The van der Waals surface area contributed by atoms with Crippen LogP contribution in [0.3, 0.4) is 0 Å². The highest BCUT2D eigenvalue weighted by molar-refractivity contribution is 5.92. The maximum Gasteiger partial charge on any atom is 0.347 e. The van der Waals surface area contributed by atoms with Crippen LogP contribution in [0.15, 0.2) is 48.5 Å². The Morgan fingerprint density at radius 3 is 1.26 bits per heavy atom. The first-order chi connectivity index (χ1) is 20.2. The SMILES string of the molecule is CCCCOC(=O)C(C)OC(=O)c1ccc(N2CCN(c3ccc(C(=O)O[C@@H](C)C(=O)OCCCC)cc3)CC2)cc1. The molecule has 0 aliphatic carbocycles. The summed E-state index contributed by atoms with van der Waals surface area (Å²) in [5.41, 5.74) is 2.70. The quantitative estimate of drug-likeness (QED) is 0.175. The maximum atomic E-state index is 12.5. The summed E-state index contributed by atoms with van der Waals surface area (Å²) in [5, 5.41) is 0. The van der Waals surface area contributed by atoms with Gasteiger partial charge in [-0.3, -0.25) is 0 Å². The zero-order valence-corrected chi connectivity index (χ0v) is 25.0. The van der Waals surface area contributed by atoms with Crippen LogP contribution in [0.25, 0.3) is 0 Å². The number of ether oxygens (including phenoxy) is 4. The first-order valence-electron chi connectivity index (χ1n) is 14.7. The average Bonchev–Trinajstić information content (AvgIpc) is 3.01. The van der Waals surface area contributed by atoms with Crippen LogP contribution in [0, 0.1) is 0 Å². The summed E-state index contributed by atoms with van der Waals surface area (Å²) >= 11 is 0. The summed E-state index contributed by atoms with van der Waals surface area (Å²) in [6.45, 7) is 10.7. The molecule has 1 heterocycles. The summed E-state index contributed by atoms with van der Waals surface area (Å²) < 4.78 is 20.7. The van der Waals surface area contributed by atoms with Gasteiger partial charge in [0.25, 0.3) is 0 Å². The van der Waals surface area contributed by atoms with E-state index in [2.05, 4.69) is 9.80 Å². The number of benzene rings is 2. The van der Waals surface area contributed by atoms with E-state index in [4.69, 9.17) is 18.9 Å². The number of nitrogens with zero attached hydrogens (tertiary/aromatic N) is 2. The Balaban J connectivity index is 1.46. The molecule has 2 aromatic rings. The van der Waals surface area contributed by atoms with Gasteiger partial charge in [0.1, 0.15) is 0 Å². The highest BCUT2D eigenvalue weighted by Gasteiger charge is 2.23. The molecule has 0 bridgehead atoms. The molecular formula is C32H42N2O8. The zero-order chi connectivity index (χ0) is 30.5. The van der Waals surface area contributed by atoms with Gasteiger partial charge in [-0.15, -0.1) is 0 Å². The van der Waals surface area contributed by atoms with Crippen molar-refractivity contribution in [2.45, 2.75) is 65.6 Å². The van der Waals surface area contributed by atoms with Gasteiger partial charge in [0.05, 0.1) is 24.3 Å². The van der Waals surface area contributed by atoms with E-state index >= 15 is 0 Å². The van der Waals surface area contributed by atoms with E-state index in [0.29, 0.717) is 24.3 Å². The van der Waals surface area contributed by atoms with Crippen molar-refractivity contribution in [1.29, 1.82) is 0 Å². The van der Waals surface area contributed by atoms with Crippen molar-refractivity contribution in [3.8, 4) is 0 Å². The molecule has 2 atom stereocenters. The van der Waals surface area contributed by atoms with Gasteiger partial charge in [0.2, 0.25) is 0 Å². The van der Waals surface area contributed by atoms with E-state index in [1.165, 1.54) is 13.8 Å². The number of carbonyl (C=O) groups is 4. The number of hydrogen-bond donors (Lipinski definition) is 0. The zero-order valence-electron chi connectivity index (χ0n) is 25.0. The largest absolute Gasteiger partial charge is 0.463 e. The lowest BCUT2D eigenvalue weighted by atomic mass is 10.1. The predicted molar refractivity (Wildman–Crippen MR) is 159 cm³/mol. The summed E-state index contributed by atoms with van der Waals surface area (Å²) in [7, 11) is 0. The van der Waals surface area contributed by atoms with Crippen molar-refractivity contribution in [1.82, 2.24) is 0 Å². The van der Waals surface area contributed by atoms with Crippen LogP contribution < -0.4 is 9.80 Å². The molecule has 228 valence electrons. The number of carbonyl (C=O) groups excluding carboxylic acids is 4. The summed E-state index contributed by atoms with van der Waals surface area (Å²) in [5.74, 6) is -2.23. The van der Waals surface area contributed by atoms with Crippen molar-refractivity contribution < 1.29 is 38.1 Å². The van der Waals surface area contributed by atoms with Crippen LogP contribution in [0.4, 0.5) is 11.4 Å². The first-order valence-corrected chi connectivity index (χ1v) is 14.7. The van der Waals surface area contributed by atoms with E-state index in [1.807, 2.05) is 38.1 Å². The molecule has 1 unspecified atom stereocenters. The predicted octanol–water partition coefficient (Wildman–Crippen LogP) is 4.79. The van der Waals surface area contributed by atoms with Crippen molar-refractivity contribution in [3.63, 3.8) is 0 Å². The Morgan fingerprint density at radius 1 is 0.619 bits per heavy atom. The van der Waals surface area contributed by atoms with Gasteiger partial charge in [-0.05, 0) is 75.2 Å². The van der Waals surface area contributed by atoms with Crippen molar-refractivity contribution >= 4 is 35.3 Å². The molecule has 2 aromatic carbocycles. The van der Waals surface area contributed by atoms with Crippen LogP contribution in [0.5, 0.6) is 0 Å². The molecule has 1 fully saturated rings. The van der Waals surface area contributed by atoms with Crippen LogP contribution in [0.1, 0.15) is 74.1 Å². The molecule has 0 amide bonds. The second kappa shape index (κ2) is 16.4. The molecule has 0 N–H and O–H groups in total. The third kappa shape index (κ3) is 9.49. The number of rotatable bonds is 14. The molecule has 0 spiro atoms. The summed E-state index contributed by atoms with van der Waals surface area (Å²) in [6, 6.07) is 14.3. The monoisotopic (exact) mass is 582 g/mol. The van der Waals surface area contributed by atoms with Crippen molar-refractivity contribution in [3.05, 3.63) is 59.7 Å². The third-order valence-corrected chi connectivity index (χ3v) is 6.93. The molecule has 1 aliphatic heterocycles. The molecule has 1 aliphatic rings.